The lowest BCUT2D eigenvalue weighted by Crippen LogP contribution is -2.19. The zero-order valence-corrected chi connectivity index (χ0v) is 17.4. The van der Waals surface area contributed by atoms with Gasteiger partial charge < -0.3 is 10.4 Å². The minimum atomic E-state index is -0.647. The molecule has 4 rings (SSSR count). The Kier molecular flexibility index (Phi) is 5.48. The lowest BCUT2D eigenvalue weighted by Gasteiger charge is -2.08. The highest BCUT2D eigenvalue weighted by atomic mass is 16.3. The van der Waals surface area contributed by atoms with E-state index in [0.717, 1.165) is 0 Å². The Morgan fingerprint density at radius 1 is 1.18 bits per heavy atom. The summed E-state index contributed by atoms with van der Waals surface area (Å²) in [5.41, 5.74) is 0.0722. The number of aromatic hydroxyl groups is 1. The second-order valence-corrected chi connectivity index (χ2v) is 6.70. The number of azo groups is 1. The molecule has 0 aliphatic carbocycles. The van der Waals surface area contributed by atoms with E-state index in [2.05, 4.69) is 30.6 Å². The normalized spacial score (nSPS) is 10.9. The van der Waals surface area contributed by atoms with E-state index in [4.69, 9.17) is 0 Å². The number of hydrogen-bond donors (Lipinski definition) is 2. The van der Waals surface area contributed by atoms with Crippen LogP contribution in [0.2, 0.25) is 0 Å². The summed E-state index contributed by atoms with van der Waals surface area (Å²) in [6.07, 6.45) is 4.26. The number of nitriles is 1. The van der Waals surface area contributed by atoms with Crippen LogP contribution in [0.25, 0.3) is 11.6 Å². The number of anilines is 1. The van der Waals surface area contributed by atoms with E-state index in [9.17, 15) is 20.0 Å². The van der Waals surface area contributed by atoms with Crippen LogP contribution in [0.15, 0.2) is 63.9 Å². The van der Waals surface area contributed by atoms with Gasteiger partial charge in [0, 0.05) is 32.1 Å². The Labute approximate surface area is 185 Å². The van der Waals surface area contributed by atoms with Gasteiger partial charge >= 0.3 is 5.56 Å². The van der Waals surface area contributed by atoms with E-state index in [1.807, 2.05) is 6.07 Å². The highest BCUT2D eigenvalue weighted by Crippen LogP contribution is 2.28. The van der Waals surface area contributed by atoms with Gasteiger partial charge in [0.2, 0.25) is 17.5 Å². The Balaban J connectivity index is 1.74. The summed E-state index contributed by atoms with van der Waals surface area (Å²) in [6, 6.07) is 9.99. The number of hydrogen-bond acceptors (Lipinski definition) is 9. The van der Waals surface area contributed by atoms with E-state index in [1.165, 1.54) is 46.6 Å². The molecule has 33 heavy (non-hydrogen) atoms. The van der Waals surface area contributed by atoms with Crippen molar-refractivity contribution in [2.75, 3.05) is 5.32 Å². The van der Waals surface area contributed by atoms with E-state index in [-0.39, 0.29) is 28.9 Å². The number of benzene rings is 1. The van der Waals surface area contributed by atoms with Crippen LogP contribution in [0.4, 0.5) is 17.2 Å². The van der Waals surface area contributed by atoms with Gasteiger partial charge in [0.25, 0.3) is 5.95 Å². The van der Waals surface area contributed by atoms with E-state index in [1.54, 1.807) is 30.3 Å². The third-order valence-corrected chi connectivity index (χ3v) is 4.50. The first-order valence-corrected chi connectivity index (χ1v) is 9.47. The molecular formula is C20H16N10O3. The summed E-state index contributed by atoms with van der Waals surface area (Å²) in [5.74, 6) is -0.509. The molecule has 13 heteroatoms. The number of rotatable bonds is 5. The molecule has 3 aromatic heterocycles. The fourth-order valence-electron chi connectivity index (χ4n) is 3.01. The molecule has 0 saturated heterocycles. The van der Waals surface area contributed by atoms with Gasteiger partial charge in [-0.1, -0.05) is 0 Å². The number of nitrogens with zero attached hydrogens (tertiary/aromatic N) is 9. The van der Waals surface area contributed by atoms with Gasteiger partial charge in [0.1, 0.15) is 11.6 Å². The first-order chi connectivity index (χ1) is 15.9. The first-order valence-electron chi connectivity index (χ1n) is 9.47. The quantitative estimate of drug-likeness (QED) is 0.444. The molecule has 0 atom stereocenters. The van der Waals surface area contributed by atoms with Crippen molar-refractivity contribution in [1.82, 2.24) is 29.1 Å². The zero-order chi connectivity index (χ0) is 23.5. The lowest BCUT2D eigenvalue weighted by molar-refractivity contribution is -0.114. The van der Waals surface area contributed by atoms with Gasteiger partial charge in [-0.2, -0.15) is 15.0 Å². The van der Waals surface area contributed by atoms with E-state index in [0.29, 0.717) is 11.4 Å². The summed E-state index contributed by atoms with van der Waals surface area (Å²) >= 11 is 0. The van der Waals surface area contributed by atoms with Crippen molar-refractivity contribution in [2.24, 2.45) is 17.3 Å². The number of amides is 1. The van der Waals surface area contributed by atoms with Gasteiger partial charge in [0.05, 0.1) is 11.9 Å². The molecule has 164 valence electrons. The minimum absolute atomic E-state index is 0.00226. The van der Waals surface area contributed by atoms with Crippen molar-refractivity contribution in [1.29, 1.82) is 5.26 Å². The summed E-state index contributed by atoms with van der Waals surface area (Å²) in [5, 5.41) is 34.4. The third kappa shape index (κ3) is 3.95. The van der Waals surface area contributed by atoms with Crippen LogP contribution in [-0.4, -0.2) is 40.1 Å². The van der Waals surface area contributed by atoms with Crippen LogP contribution in [0.3, 0.4) is 0 Å². The Morgan fingerprint density at radius 2 is 1.88 bits per heavy atom. The number of aromatic nitrogens is 6. The fourth-order valence-corrected chi connectivity index (χ4v) is 3.01. The first kappa shape index (κ1) is 21.1. The van der Waals surface area contributed by atoms with Crippen molar-refractivity contribution in [3.63, 3.8) is 0 Å². The van der Waals surface area contributed by atoms with Crippen LogP contribution >= 0.6 is 0 Å². The highest BCUT2D eigenvalue weighted by Gasteiger charge is 2.20. The maximum absolute atomic E-state index is 13.0. The topological polar surface area (TPSA) is 168 Å². The van der Waals surface area contributed by atoms with Crippen LogP contribution in [0.1, 0.15) is 12.5 Å². The molecule has 2 N–H and O–H groups in total. The molecule has 1 amide bonds. The van der Waals surface area contributed by atoms with E-state index >= 15 is 0 Å². The molecule has 0 fully saturated rings. The summed E-state index contributed by atoms with van der Waals surface area (Å²) in [6.45, 7) is 1.39. The Morgan fingerprint density at radius 3 is 2.52 bits per heavy atom. The van der Waals surface area contributed by atoms with E-state index < -0.39 is 11.4 Å². The molecule has 0 bridgehead atoms. The van der Waals surface area contributed by atoms with Gasteiger partial charge in [-0.3, -0.25) is 9.59 Å². The molecule has 0 unspecified atom stereocenters. The molecule has 0 aliphatic rings. The maximum Gasteiger partial charge on any atom is 0.303 e. The van der Waals surface area contributed by atoms with Gasteiger partial charge in [-0.05, 0) is 30.3 Å². The molecular weight excluding hydrogens is 428 g/mol. The average molecular weight is 444 g/mol. The van der Waals surface area contributed by atoms with Crippen LogP contribution in [-0.2, 0) is 11.8 Å². The maximum atomic E-state index is 13.0. The van der Waals surface area contributed by atoms with Crippen molar-refractivity contribution >= 4 is 23.1 Å². The molecule has 0 aliphatic heterocycles. The van der Waals surface area contributed by atoms with Gasteiger partial charge in [-0.25, -0.2) is 19.3 Å². The number of carbonyl (C=O) groups is 1. The third-order valence-electron chi connectivity index (χ3n) is 4.50. The summed E-state index contributed by atoms with van der Waals surface area (Å²) in [4.78, 5) is 32.3. The van der Waals surface area contributed by atoms with Crippen molar-refractivity contribution in [3.8, 4) is 23.6 Å². The largest absolute Gasteiger partial charge is 0.492 e. The van der Waals surface area contributed by atoms with Crippen molar-refractivity contribution in [2.45, 2.75) is 6.92 Å². The van der Waals surface area contributed by atoms with Crippen LogP contribution in [0, 0.1) is 11.3 Å². The van der Waals surface area contributed by atoms with Crippen molar-refractivity contribution in [3.05, 3.63) is 64.8 Å². The smallest absolute Gasteiger partial charge is 0.303 e. The predicted octanol–water partition coefficient (Wildman–Crippen LogP) is 2.10. The predicted molar refractivity (Wildman–Crippen MR) is 115 cm³/mol. The number of nitrogens with one attached hydrogen (secondary N) is 1. The Bertz CT molecular complexity index is 1460. The average Bonchev–Trinajstić information content (AvgIpc) is 3.31. The monoisotopic (exact) mass is 444 g/mol. The summed E-state index contributed by atoms with van der Waals surface area (Å²) in [7, 11) is 1.47. The standard InChI is InChI=1S/C20H16N10O3/c1-12(31)25-14-4-6-15(7-5-14)30-19(33)16(18(32)28(30)2)26-27-17-13(10-21)11-24-29(17)20-22-8-3-9-23-20/h3-9,11,32H,1-2H3,(H,25,31). The molecule has 3 heterocycles. The Hall–Kier alpha value is -5.12. The minimum Gasteiger partial charge on any atom is -0.492 e. The zero-order valence-electron chi connectivity index (χ0n) is 17.4. The molecule has 4 aromatic rings. The summed E-state index contributed by atoms with van der Waals surface area (Å²) < 4.78 is 3.58. The molecule has 13 nitrogen and oxygen atoms in total. The van der Waals surface area contributed by atoms with Crippen LogP contribution < -0.4 is 10.9 Å². The molecule has 1 aromatic carbocycles. The molecule has 0 saturated carbocycles. The number of carbonyl (C=O) groups excluding carboxylic acids is 1. The van der Waals surface area contributed by atoms with Crippen LogP contribution in [0.5, 0.6) is 5.88 Å². The second kappa shape index (κ2) is 8.55. The SMILES string of the molecule is CC(=O)Nc1ccc(-n2c(=O)c(N=Nc3c(C#N)cnn3-c3ncccn3)c(O)n2C)cc1. The molecule has 0 spiro atoms. The second-order valence-electron chi connectivity index (χ2n) is 6.70. The fraction of sp³-hybridized carbons (Fsp3) is 0.100. The van der Waals surface area contributed by atoms with Crippen molar-refractivity contribution < 1.29 is 9.90 Å². The molecule has 0 radical (unpaired) electrons. The van der Waals surface area contributed by atoms with Gasteiger partial charge in [0.15, 0.2) is 5.82 Å². The highest BCUT2D eigenvalue weighted by molar-refractivity contribution is 5.88. The van der Waals surface area contributed by atoms with Gasteiger partial charge in [-0.15, -0.1) is 10.2 Å². The lowest BCUT2D eigenvalue weighted by atomic mass is 10.3.